The van der Waals surface area contributed by atoms with Gasteiger partial charge in [0, 0.05) is 24.1 Å². The lowest BCUT2D eigenvalue weighted by Gasteiger charge is -2.31. The Labute approximate surface area is 164 Å². The second-order valence-corrected chi connectivity index (χ2v) is 7.06. The Morgan fingerprint density at radius 2 is 1.68 bits per heavy atom. The summed E-state index contributed by atoms with van der Waals surface area (Å²) < 4.78 is 11.4. The van der Waals surface area contributed by atoms with E-state index in [1.165, 1.54) is 0 Å². The lowest BCUT2D eigenvalue weighted by atomic mass is 9.92. The highest BCUT2D eigenvalue weighted by molar-refractivity contribution is 6.04. The van der Waals surface area contributed by atoms with Crippen LogP contribution >= 0.6 is 0 Å². The zero-order valence-electron chi connectivity index (χ0n) is 15.7. The fraction of sp³-hybridized carbons (Fsp3) is 0.364. The largest absolute Gasteiger partial charge is 0.391 e. The molecule has 2 aliphatic rings. The maximum absolute atomic E-state index is 12.3. The minimum absolute atomic E-state index is 0.133. The summed E-state index contributed by atoms with van der Waals surface area (Å²) in [6, 6.07) is 16.8. The summed E-state index contributed by atoms with van der Waals surface area (Å²) in [6.45, 7) is 1.74. The van der Waals surface area contributed by atoms with Gasteiger partial charge in [0.2, 0.25) is 0 Å². The van der Waals surface area contributed by atoms with Gasteiger partial charge in [0.15, 0.2) is 5.79 Å². The molecule has 0 bridgehead atoms. The molecule has 0 atom stereocenters. The molecule has 1 N–H and O–H groups in total. The molecule has 0 unspecified atom stereocenters. The van der Waals surface area contributed by atoms with E-state index in [4.69, 9.17) is 14.3 Å². The SMILES string of the molecule is O=C(Nc1ccccc1)c1ccc(CON=C2CCC3(CC2)OCCO3)cc1. The van der Waals surface area contributed by atoms with Crippen LogP contribution in [0.15, 0.2) is 59.8 Å². The molecule has 1 saturated heterocycles. The van der Waals surface area contributed by atoms with E-state index in [-0.39, 0.29) is 11.7 Å². The number of ether oxygens (including phenoxy) is 2. The summed E-state index contributed by atoms with van der Waals surface area (Å²) in [6.07, 6.45) is 3.33. The minimum atomic E-state index is -0.380. The number of rotatable bonds is 5. The molecule has 6 nitrogen and oxygen atoms in total. The van der Waals surface area contributed by atoms with Gasteiger partial charge in [-0.2, -0.15) is 0 Å². The van der Waals surface area contributed by atoms with E-state index < -0.39 is 0 Å². The van der Waals surface area contributed by atoms with Gasteiger partial charge in [-0.25, -0.2) is 0 Å². The van der Waals surface area contributed by atoms with Crippen molar-refractivity contribution in [3.8, 4) is 0 Å². The number of hydrogen-bond acceptors (Lipinski definition) is 5. The van der Waals surface area contributed by atoms with Crippen LogP contribution in [0.2, 0.25) is 0 Å². The molecule has 0 aromatic heterocycles. The Kier molecular flexibility index (Phi) is 5.69. The summed E-state index contributed by atoms with van der Waals surface area (Å²) >= 11 is 0. The van der Waals surface area contributed by atoms with E-state index >= 15 is 0 Å². The van der Waals surface area contributed by atoms with Crippen molar-refractivity contribution >= 4 is 17.3 Å². The van der Waals surface area contributed by atoms with Crippen LogP contribution in [0, 0.1) is 0 Å². The molecular weight excluding hydrogens is 356 g/mol. The van der Waals surface area contributed by atoms with E-state index in [9.17, 15) is 4.79 Å². The number of carbonyl (C=O) groups excluding carboxylic acids is 1. The highest BCUT2D eigenvalue weighted by Gasteiger charge is 2.39. The molecule has 4 rings (SSSR count). The number of anilines is 1. The molecule has 1 aliphatic carbocycles. The summed E-state index contributed by atoms with van der Waals surface area (Å²) in [5.74, 6) is -0.513. The van der Waals surface area contributed by atoms with Crippen LogP contribution in [0.3, 0.4) is 0 Å². The van der Waals surface area contributed by atoms with E-state index in [1.54, 1.807) is 12.1 Å². The average Bonchev–Trinajstić information content (AvgIpc) is 3.19. The van der Waals surface area contributed by atoms with Gasteiger partial charge < -0.3 is 19.6 Å². The smallest absolute Gasteiger partial charge is 0.255 e. The standard InChI is InChI=1S/C22H24N2O4/c25-21(23-19-4-2-1-3-5-19)18-8-6-17(7-9-18)16-28-24-20-10-12-22(13-11-20)26-14-15-27-22/h1-9H,10-16H2,(H,23,25). The van der Waals surface area contributed by atoms with Crippen molar-refractivity contribution in [1.29, 1.82) is 0 Å². The zero-order chi connectivity index (χ0) is 19.2. The summed E-state index contributed by atoms with van der Waals surface area (Å²) in [5.41, 5.74) is 3.39. The first-order valence-electron chi connectivity index (χ1n) is 9.63. The Hall–Kier alpha value is -2.70. The number of nitrogens with zero attached hydrogens (tertiary/aromatic N) is 1. The number of benzene rings is 2. The van der Waals surface area contributed by atoms with E-state index in [0.29, 0.717) is 25.4 Å². The molecule has 6 heteroatoms. The summed E-state index contributed by atoms with van der Waals surface area (Å²) in [7, 11) is 0. The third-order valence-electron chi connectivity index (χ3n) is 5.08. The number of hydrogen-bond donors (Lipinski definition) is 1. The Bertz CT molecular complexity index is 815. The van der Waals surface area contributed by atoms with Crippen LogP contribution in [-0.4, -0.2) is 30.6 Å². The third-order valence-corrected chi connectivity index (χ3v) is 5.08. The molecule has 1 amide bonds. The second-order valence-electron chi connectivity index (χ2n) is 7.06. The van der Waals surface area contributed by atoms with Crippen LogP contribution < -0.4 is 5.32 Å². The van der Waals surface area contributed by atoms with Gasteiger partial charge in [-0.3, -0.25) is 4.79 Å². The van der Waals surface area contributed by atoms with Crippen LogP contribution in [0.25, 0.3) is 0 Å². The van der Waals surface area contributed by atoms with Crippen molar-refractivity contribution in [2.45, 2.75) is 38.1 Å². The predicted octanol–water partition coefficient (Wildman–Crippen LogP) is 4.13. The van der Waals surface area contributed by atoms with Crippen molar-refractivity contribution in [2.75, 3.05) is 18.5 Å². The molecule has 0 radical (unpaired) electrons. The van der Waals surface area contributed by atoms with Crippen LogP contribution in [0.5, 0.6) is 0 Å². The Morgan fingerprint density at radius 3 is 2.36 bits per heavy atom. The van der Waals surface area contributed by atoms with E-state index in [0.717, 1.165) is 42.6 Å². The maximum Gasteiger partial charge on any atom is 0.255 e. The first kappa shape index (κ1) is 18.7. The Morgan fingerprint density at radius 1 is 1.00 bits per heavy atom. The molecule has 1 aliphatic heterocycles. The van der Waals surface area contributed by atoms with Gasteiger partial charge in [-0.1, -0.05) is 35.5 Å². The van der Waals surface area contributed by atoms with Gasteiger partial charge >= 0.3 is 0 Å². The number of para-hydroxylation sites is 1. The molecule has 2 aromatic carbocycles. The topological polar surface area (TPSA) is 69.2 Å². The van der Waals surface area contributed by atoms with Gasteiger partial charge in [0.1, 0.15) is 6.61 Å². The monoisotopic (exact) mass is 380 g/mol. The highest BCUT2D eigenvalue weighted by atomic mass is 16.7. The molecule has 1 heterocycles. The predicted molar refractivity (Wildman–Crippen MR) is 106 cm³/mol. The summed E-state index contributed by atoms with van der Waals surface area (Å²) in [5, 5.41) is 7.14. The molecule has 1 saturated carbocycles. The molecule has 146 valence electrons. The number of carbonyl (C=O) groups is 1. The fourth-order valence-electron chi connectivity index (χ4n) is 3.47. The first-order chi connectivity index (χ1) is 13.7. The third kappa shape index (κ3) is 4.58. The quantitative estimate of drug-likeness (QED) is 0.792. The minimum Gasteiger partial charge on any atom is -0.391 e. The molecule has 2 aromatic rings. The van der Waals surface area contributed by atoms with Crippen LogP contribution in [-0.2, 0) is 20.9 Å². The van der Waals surface area contributed by atoms with Crippen molar-refractivity contribution in [3.63, 3.8) is 0 Å². The van der Waals surface area contributed by atoms with Gasteiger partial charge in [0.25, 0.3) is 5.91 Å². The first-order valence-corrected chi connectivity index (χ1v) is 9.63. The normalized spacial score (nSPS) is 18.1. The number of amides is 1. The second kappa shape index (κ2) is 8.54. The number of nitrogens with one attached hydrogen (secondary N) is 1. The van der Waals surface area contributed by atoms with Crippen molar-refractivity contribution < 1.29 is 19.1 Å². The Balaban J connectivity index is 1.25. The maximum atomic E-state index is 12.3. The molecular formula is C22H24N2O4. The van der Waals surface area contributed by atoms with Gasteiger partial charge in [-0.05, 0) is 42.7 Å². The van der Waals surface area contributed by atoms with Crippen molar-refractivity contribution in [2.24, 2.45) is 5.16 Å². The fourth-order valence-corrected chi connectivity index (χ4v) is 3.47. The molecule has 28 heavy (non-hydrogen) atoms. The van der Waals surface area contributed by atoms with E-state index in [1.807, 2.05) is 42.5 Å². The average molecular weight is 380 g/mol. The number of oxime groups is 1. The van der Waals surface area contributed by atoms with Crippen LogP contribution in [0.4, 0.5) is 5.69 Å². The lowest BCUT2D eigenvalue weighted by molar-refractivity contribution is -0.168. The van der Waals surface area contributed by atoms with Gasteiger partial charge in [-0.15, -0.1) is 0 Å². The zero-order valence-corrected chi connectivity index (χ0v) is 15.7. The lowest BCUT2D eigenvalue weighted by Crippen LogP contribution is -2.35. The van der Waals surface area contributed by atoms with E-state index in [2.05, 4.69) is 10.5 Å². The van der Waals surface area contributed by atoms with Gasteiger partial charge in [0.05, 0.1) is 18.9 Å². The summed E-state index contributed by atoms with van der Waals surface area (Å²) in [4.78, 5) is 17.8. The molecule has 2 fully saturated rings. The molecule has 1 spiro atoms. The highest BCUT2D eigenvalue weighted by Crippen LogP contribution is 2.34. The van der Waals surface area contributed by atoms with Crippen molar-refractivity contribution in [3.05, 3.63) is 65.7 Å². The van der Waals surface area contributed by atoms with Crippen molar-refractivity contribution in [1.82, 2.24) is 0 Å². The van der Waals surface area contributed by atoms with Crippen LogP contribution in [0.1, 0.15) is 41.6 Å².